The van der Waals surface area contributed by atoms with Crippen molar-refractivity contribution in [2.45, 2.75) is 64.3 Å². The number of likely N-dealkylation sites (tertiary alicyclic amines) is 1. The third-order valence-electron chi connectivity index (χ3n) is 5.01. The van der Waals surface area contributed by atoms with E-state index in [-0.39, 0.29) is 0 Å². The SMILES string of the molecule is CCC1CCN(CC(N)C2CCCCC2)CC1. The largest absolute Gasteiger partial charge is 0.326 e. The second kappa shape index (κ2) is 6.75. The second-order valence-corrected chi connectivity index (χ2v) is 6.21. The topological polar surface area (TPSA) is 29.3 Å². The molecule has 1 saturated heterocycles. The van der Waals surface area contributed by atoms with Gasteiger partial charge in [-0.2, -0.15) is 0 Å². The highest BCUT2D eigenvalue weighted by molar-refractivity contribution is 4.81. The fourth-order valence-corrected chi connectivity index (χ4v) is 3.59. The van der Waals surface area contributed by atoms with Crippen molar-refractivity contribution in [3.05, 3.63) is 0 Å². The third-order valence-corrected chi connectivity index (χ3v) is 5.01. The van der Waals surface area contributed by atoms with Gasteiger partial charge in [-0.15, -0.1) is 0 Å². The Kier molecular flexibility index (Phi) is 5.30. The Morgan fingerprint density at radius 2 is 1.71 bits per heavy atom. The molecule has 0 aromatic carbocycles. The Bertz CT molecular complexity index is 203. The molecule has 2 nitrogen and oxygen atoms in total. The molecule has 2 aliphatic rings. The molecule has 2 N–H and O–H groups in total. The predicted octanol–water partition coefficient (Wildman–Crippen LogP) is 3.02. The van der Waals surface area contributed by atoms with Crippen LogP contribution in [0.25, 0.3) is 0 Å². The van der Waals surface area contributed by atoms with Crippen molar-refractivity contribution in [1.82, 2.24) is 4.90 Å². The molecule has 2 rings (SSSR count). The van der Waals surface area contributed by atoms with Gasteiger partial charge in [-0.3, -0.25) is 0 Å². The van der Waals surface area contributed by atoms with E-state index in [4.69, 9.17) is 5.73 Å². The van der Waals surface area contributed by atoms with E-state index in [2.05, 4.69) is 11.8 Å². The van der Waals surface area contributed by atoms with Gasteiger partial charge in [0.05, 0.1) is 0 Å². The number of rotatable bonds is 4. The van der Waals surface area contributed by atoms with Crippen LogP contribution in [0.5, 0.6) is 0 Å². The van der Waals surface area contributed by atoms with E-state index in [1.54, 1.807) is 0 Å². The van der Waals surface area contributed by atoms with Crippen molar-refractivity contribution in [3.63, 3.8) is 0 Å². The van der Waals surface area contributed by atoms with Crippen LogP contribution in [0.3, 0.4) is 0 Å². The fourth-order valence-electron chi connectivity index (χ4n) is 3.59. The molecular weight excluding hydrogens is 208 g/mol. The first kappa shape index (κ1) is 13.4. The zero-order valence-corrected chi connectivity index (χ0v) is 11.5. The average Bonchev–Trinajstić information content (AvgIpc) is 2.40. The quantitative estimate of drug-likeness (QED) is 0.816. The minimum atomic E-state index is 0.438. The second-order valence-electron chi connectivity index (χ2n) is 6.21. The summed E-state index contributed by atoms with van der Waals surface area (Å²) in [5.41, 5.74) is 6.40. The first-order valence-electron chi connectivity index (χ1n) is 7.77. The Hall–Kier alpha value is -0.0800. The van der Waals surface area contributed by atoms with Crippen molar-refractivity contribution in [2.75, 3.05) is 19.6 Å². The maximum absolute atomic E-state index is 6.40. The maximum Gasteiger partial charge on any atom is 0.0196 e. The first-order valence-corrected chi connectivity index (χ1v) is 7.77. The lowest BCUT2D eigenvalue weighted by Gasteiger charge is -2.36. The Morgan fingerprint density at radius 1 is 1.06 bits per heavy atom. The average molecular weight is 238 g/mol. The van der Waals surface area contributed by atoms with Gasteiger partial charge >= 0.3 is 0 Å². The summed E-state index contributed by atoms with van der Waals surface area (Å²) in [6.45, 7) is 6.06. The minimum Gasteiger partial charge on any atom is -0.326 e. The van der Waals surface area contributed by atoms with Gasteiger partial charge in [0, 0.05) is 12.6 Å². The standard InChI is InChI=1S/C15H30N2/c1-2-13-8-10-17(11-9-13)12-15(16)14-6-4-3-5-7-14/h13-15H,2-12,16H2,1H3. The molecule has 17 heavy (non-hydrogen) atoms. The molecule has 1 heterocycles. The van der Waals surface area contributed by atoms with Crippen LogP contribution in [0.1, 0.15) is 58.3 Å². The third kappa shape index (κ3) is 3.96. The van der Waals surface area contributed by atoms with Crippen molar-refractivity contribution in [3.8, 4) is 0 Å². The normalized spacial score (nSPS) is 27.2. The fraction of sp³-hybridized carbons (Fsp3) is 1.00. The summed E-state index contributed by atoms with van der Waals surface area (Å²) in [6.07, 6.45) is 11.2. The van der Waals surface area contributed by atoms with Gasteiger partial charge in [-0.05, 0) is 50.6 Å². The van der Waals surface area contributed by atoms with E-state index >= 15 is 0 Å². The summed E-state index contributed by atoms with van der Waals surface area (Å²) in [4.78, 5) is 2.62. The Balaban J connectivity index is 1.69. The van der Waals surface area contributed by atoms with Crippen LogP contribution in [-0.2, 0) is 0 Å². The van der Waals surface area contributed by atoms with Gasteiger partial charge in [0.1, 0.15) is 0 Å². The van der Waals surface area contributed by atoms with E-state index in [0.29, 0.717) is 6.04 Å². The van der Waals surface area contributed by atoms with E-state index in [1.165, 1.54) is 64.5 Å². The minimum absolute atomic E-state index is 0.438. The van der Waals surface area contributed by atoms with Gasteiger partial charge in [-0.25, -0.2) is 0 Å². The zero-order valence-electron chi connectivity index (χ0n) is 11.5. The summed E-state index contributed by atoms with van der Waals surface area (Å²) in [7, 11) is 0. The molecule has 0 spiro atoms. The molecule has 1 saturated carbocycles. The van der Waals surface area contributed by atoms with Gasteiger partial charge in [0.15, 0.2) is 0 Å². The summed E-state index contributed by atoms with van der Waals surface area (Å²) in [6, 6.07) is 0.438. The molecule has 1 unspecified atom stereocenters. The van der Waals surface area contributed by atoms with Crippen LogP contribution in [0.4, 0.5) is 0 Å². The smallest absolute Gasteiger partial charge is 0.0196 e. The van der Waals surface area contributed by atoms with Crippen molar-refractivity contribution in [2.24, 2.45) is 17.6 Å². The highest BCUT2D eigenvalue weighted by Gasteiger charge is 2.24. The molecule has 0 amide bonds. The van der Waals surface area contributed by atoms with Crippen molar-refractivity contribution >= 4 is 0 Å². The number of hydrogen-bond acceptors (Lipinski definition) is 2. The van der Waals surface area contributed by atoms with Crippen LogP contribution >= 0.6 is 0 Å². The number of hydrogen-bond donors (Lipinski definition) is 1. The molecule has 0 bridgehead atoms. The summed E-state index contributed by atoms with van der Waals surface area (Å²) >= 11 is 0. The van der Waals surface area contributed by atoms with Crippen LogP contribution in [0.15, 0.2) is 0 Å². The molecular formula is C15H30N2. The number of nitrogens with zero attached hydrogens (tertiary/aromatic N) is 1. The highest BCUT2D eigenvalue weighted by atomic mass is 15.1. The molecule has 0 aromatic rings. The first-order chi connectivity index (χ1) is 8.29. The number of piperidine rings is 1. The van der Waals surface area contributed by atoms with Crippen LogP contribution < -0.4 is 5.73 Å². The lowest BCUT2D eigenvalue weighted by atomic mass is 9.83. The monoisotopic (exact) mass is 238 g/mol. The Morgan fingerprint density at radius 3 is 2.29 bits per heavy atom. The van der Waals surface area contributed by atoms with Gasteiger partial charge in [0.25, 0.3) is 0 Å². The molecule has 0 radical (unpaired) electrons. The molecule has 1 atom stereocenters. The van der Waals surface area contributed by atoms with Crippen LogP contribution in [0.2, 0.25) is 0 Å². The van der Waals surface area contributed by atoms with Crippen molar-refractivity contribution < 1.29 is 0 Å². The molecule has 0 aromatic heterocycles. The Labute approximate surface area is 107 Å². The highest BCUT2D eigenvalue weighted by Crippen LogP contribution is 2.27. The van der Waals surface area contributed by atoms with Crippen LogP contribution in [0, 0.1) is 11.8 Å². The maximum atomic E-state index is 6.40. The van der Waals surface area contributed by atoms with E-state index in [1.807, 2.05) is 0 Å². The molecule has 1 aliphatic heterocycles. The van der Waals surface area contributed by atoms with E-state index in [0.717, 1.165) is 18.4 Å². The lowest BCUT2D eigenvalue weighted by Crippen LogP contribution is -2.45. The molecule has 100 valence electrons. The lowest BCUT2D eigenvalue weighted by molar-refractivity contribution is 0.152. The van der Waals surface area contributed by atoms with Gasteiger partial charge < -0.3 is 10.6 Å². The summed E-state index contributed by atoms with van der Waals surface area (Å²) in [5.74, 6) is 1.80. The molecule has 2 fully saturated rings. The van der Waals surface area contributed by atoms with Crippen molar-refractivity contribution in [1.29, 1.82) is 0 Å². The zero-order chi connectivity index (χ0) is 12.1. The summed E-state index contributed by atoms with van der Waals surface area (Å²) < 4.78 is 0. The predicted molar refractivity (Wildman–Crippen MR) is 74.0 cm³/mol. The molecule has 1 aliphatic carbocycles. The van der Waals surface area contributed by atoms with Gasteiger partial charge in [-0.1, -0.05) is 32.6 Å². The molecule has 2 heteroatoms. The van der Waals surface area contributed by atoms with Crippen LogP contribution in [-0.4, -0.2) is 30.6 Å². The number of nitrogens with two attached hydrogens (primary N) is 1. The van der Waals surface area contributed by atoms with E-state index in [9.17, 15) is 0 Å². The van der Waals surface area contributed by atoms with E-state index < -0.39 is 0 Å². The summed E-state index contributed by atoms with van der Waals surface area (Å²) in [5, 5.41) is 0. The van der Waals surface area contributed by atoms with Gasteiger partial charge in [0.2, 0.25) is 0 Å².